The molecule has 2 N–H and O–H groups in total. The number of carbonyl (C=O) groups excluding carboxylic acids is 1. The number of amides is 1. The average molecular weight is 815 g/mol. The van der Waals surface area contributed by atoms with Gasteiger partial charge in [-0.1, -0.05) is 41.9 Å². The Hall–Kier alpha value is -4.47. The van der Waals surface area contributed by atoms with Gasteiger partial charge in [-0.25, -0.2) is 22.8 Å². The number of ether oxygens (including phenoxy) is 1. The first-order valence-electron chi connectivity index (χ1n) is 19.5. The van der Waals surface area contributed by atoms with E-state index in [1.54, 1.807) is 20.2 Å². The Bertz CT molecular complexity index is 2540. The second-order valence-electron chi connectivity index (χ2n) is 16.1. The molecule has 0 radical (unpaired) electrons. The number of benzene rings is 3. The van der Waals surface area contributed by atoms with E-state index in [1.165, 1.54) is 0 Å². The van der Waals surface area contributed by atoms with Gasteiger partial charge in [0.25, 0.3) is 0 Å². The Morgan fingerprint density at radius 1 is 1.07 bits per heavy atom. The number of oxazole rings is 1. The van der Waals surface area contributed by atoms with Gasteiger partial charge in [0.1, 0.15) is 11.2 Å². The third-order valence-electron chi connectivity index (χ3n) is 12.4. The van der Waals surface area contributed by atoms with Crippen molar-refractivity contribution < 1.29 is 31.9 Å². The van der Waals surface area contributed by atoms with Crippen LogP contribution in [0.4, 0.5) is 4.39 Å². The molecule has 5 aromatic rings. The number of fused-ring (bicyclic) bond motifs is 2. The zero-order chi connectivity index (χ0) is 39.8. The quantitative estimate of drug-likeness (QED) is 0.157. The maximum Gasteiger partial charge on any atom is 0.240 e. The number of nitrogens with one attached hydrogen (secondary N) is 1. The first-order chi connectivity index (χ1) is 27.3. The van der Waals surface area contributed by atoms with Crippen LogP contribution < -0.4 is 9.46 Å². The first kappa shape index (κ1) is 38.1. The molecule has 0 unspecified atom stereocenters. The van der Waals surface area contributed by atoms with E-state index in [-0.39, 0.29) is 23.6 Å². The molecule has 15 heteroatoms. The molecule has 9 rings (SSSR count). The molecule has 2 aromatic heterocycles. The second kappa shape index (κ2) is 14.4. The lowest BCUT2D eigenvalue weighted by Gasteiger charge is -2.25. The molecular weight excluding hydrogens is 771 g/mol. The summed E-state index contributed by atoms with van der Waals surface area (Å²) >= 11 is 7.14. The van der Waals surface area contributed by atoms with Crippen LogP contribution in [0.2, 0.25) is 5.02 Å². The highest BCUT2D eigenvalue weighted by atomic mass is 35.5. The average Bonchev–Trinajstić information content (AvgIpc) is 3.66. The SMILES string of the molecule is COc1nc(-c2cccc(-c3cccc(-c4nc5cc6c(c(F)c5o4)CC[C@H]6N4CC[C@@H](C(=O)NS(=O)(=O)C5(C)CC5)C4)c3C)c2Cl)cnc1CN1CC[C@@H](O)C1. The summed E-state index contributed by atoms with van der Waals surface area (Å²) in [5, 5.41) is 10.4. The maximum absolute atomic E-state index is 16.2. The van der Waals surface area contributed by atoms with Crippen LogP contribution in [0.1, 0.15) is 67.5 Å². The van der Waals surface area contributed by atoms with E-state index in [0.29, 0.717) is 103 Å². The van der Waals surface area contributed by atoms with Crippen LogP contribution >= 0.6 is 11.6 Å². The number of sulfonamides is 1. The molecule has 0 spiro atoms. The number of rotatable bonds is 10. The number of aliphatic hydroxyl groups is 1. The largest absolute Gasteiger partial charge is 0.480 e. The van der Waals surface area contributed by atoms with Gasteiger partial charge in [0.2, 0.25) is 27.7 Å². The first-order valence-corrected chi connectivity index (χ1v) is 21.3. The Morgan fingerprint density at radius 3 is 2.56 bits per heavy atom. The number of aliphatic hydroxyl groups excluding tert-OH is 1. The van der Waals surface area contributed by atoms with E-state index in [0.717, 1.165) is 35.2 Å². The molecule has 57 heavy (non-hydrogen) atoms. The molecule has 2 saturated heterocycles. The van der Waals surface area contributed by atoms with E-state index in [1.807, 2.05) is 49.4 Å². The van der Waals surface area contributed by atoms with E-state index in [2.05, 4.69) is 19.5 Å². The topological polar surface area (TPSA) is 151 Å². The lowest BCUT2D eigenvalue weighted by atomic mass is 9.94. The molecule has 2 aliphatic heterocycles. The molecule has 4 heterocycles. The van der Waals surface area contributed by atoms with E-state index in [9.17, 15) is 18.3 Å². The third-order valence-corrected chi connectivity index (χ3v) is 15.0. The van der Waals surface area contributed by atoms with E-state index >= 15 is 4.39 Å². The highest BCUT2D eigenvalue weighted by Gasteiger charge is 2.51. The van der Waals surface area contributed by atoms with Crippen LogP contribution in [0.25, 0.3) is 44.9 Å². The van der Waals surface area contributed by atoms with E-state index < -0.39 is 32.4 Å². The normalized spacial score (nSPS) is 22.0. The Kier molecular flexibility index (Phi) is 9.63. The Morgan fingerprint density at radius 2 is 1.82 bits per heavy atom. The number of methoxy groups -OCH3 is 1. The lowest BCUT2D eigenvalue weighted by molar-refractivity contribution is -0.122. The summed E-state index contributed by atoms with van der Waals surface area (Å²) in [5.41, 5.74) is 7.01. The predicted octanol–water partition coefficient (Wildman–Crippen LogP) is 6.60. The third kappa shape index (κ3) is 6.78. The molecule has 12 nitrogen and oxygen atoms in total. The van der Waals surface area contributed by atoms with Crippen molar-refractivity contribution in [1.82, 2.24) is 29.5 Å². The van der Waals surface area contributed by atoms with Crippen LogP contribution in [0.5, 0.6) is 5.88 Å². The maximum atomic E-state index is 16.2. The number of nitrogens with zero attached hydrogens (tertiary/aromatic N) is 5. The summed E-state index contributed by atoms with van der Waals surface area (Å²) in [6.07, 6.45) is 4.92. The predicted molar refractivity (Wildman–Crippen MR) is 214 cm³/mol. The fourth-order valence-corrected chi connectivity index (χ4v) is 10.3. The van der Waals surface area contributed by atoms with Crippen LogP contribution in [0.15, 0.2) is 53.1 Å². The summed E-state index contributed by atoms with van der Waals surface area (Å²) in [6, 6.07) is 13.3. The summed E-state index contributed by atoms with van der Waals surface area (Å²) in [5.74, 6) is -0.657. The molecule has 4 aliphatic rings. The standard InChI is InChI=1S/C42H44ClFN6O6S/c1-23-26(28-8-5-9-30(36(28)43)33-19-45-34(41(47-33)55-3)22-49-16-13-25(51)21-49)6-4-7-27(23)40-46-32-18-31-29(37(44)38(32)56-40)10-11-35(31)50-17-12-24(20-50)39(52)48-57(53,54)42(2)14-15-42/h4-9,18-19,24-25,35,51H,10-17,20-22H2,1-3H3,(H,48,52)/t24-,25-,35-/m1/s1. The summed E-state index contributed by atoms with van der Waals surface area (Å²) in [4.78, 5) is 31.6. The minimum absolute atomic E-state index is 0.101. The second-order valence-corrected chi connectivity index (χ2v) is 18.7. The van der Waals surface area contributed by atoms with Gasteiger partial charge in [0.05, 0.1) is 40.8 Å². The van der Waals surface area contributed by atoms with Gasteiger partial charge in [0, 0.05) is 48.9 Å². The van der Waals surface area contributed by atoms with Crippen molar-refractivity contribution in [3.05, 3.63) is 81.9 Å². The fourth-order valence-electron chi connectivity index (χ4n) is 8.70. The molecule has 2 aliphatic carbocycles. The van der Waals surface area contributed by atoms with Gasteiger partial charge in [-0.2, -0.15) is 0 Å². The monoisotopic (exact) mass is 814 g/mol. The van der Waals surface area contributed by atoms with Crippen molar-refractivity contribution in [2.24, 2.45) is 5.92 Å². The number of carbonyl (C=O) groups is 1. The van der Waals surface area contributed by atoms with E-state index in [4.69, 9.17) is 30.7 Å². The van der Waals surface area contributed by atoms with Gasteiger partial charge in [-0.05, 0) is 93.3 Å². The van der Waals surface area contributed by atoms with Gasteiger partial charge in [0.15, 0.2) is 11.4 Å². The molecular formula is C42H44ClFN6O6S. The van der Waals surface area contributed by atoms with Crippen molar-refractivity contribution in [1.29, 1.82) is 0 Å². The summed E-state index contributed by atoms with van der Waals surface area (Å²) < 4.78 is 54.9. The zero-order valence-electron chi connectivity index (χ0n) is 32.0. The van der Waals surface area contributed by atoms with Crippen molar-refractivity contribution in [3.8, 4) is 39.7 Å². The van der Waals surface area contributed by atoms with Crippen LogP contribution in [0.3, 0.4) is 0 Å². The highest BCUT2D eigenvalue weighted by Crippen LogP contribution is 2.45. The molecule has 1 amide bonds. The van der Waals surface area contributed by atoms with Gasteiger partial charge < -0.3 is 14.3 Å². The zero-order valence-corrected chi connectivity index (χ0v) is 33.6. The molecule has 3 fully saturated rings. The van der Waals surface area contributed by atoms with Gasteiger partial charge >= 0.3 is 0 Å². The van der Waals surface area contributed by atoms with Crippen LogP contribution in [-0.4, -0.2) is 88.3 Å². The molecule has 298 valence electrons. The fraction of sp³-hybridized carbons (Fsp3) is 0.429. The number of halogens is 2. The number of aromatic nitrogens is 3. The Labute approximate surface area is 335 Å². The van der Waals surface area contributed by atoms with Crippen LogP contribution in [-0.2, 0) is 27.8 Å². The molecule has 0 bridgehead atoms. The summed E-state index contributed by atoms with van der Waals surface area (Å²) in [6.45, 7) is 6.50. The number of hydrogen-bond donors (Lipinski definition) is 2. The molecule has 1 saturated carbocycles. The lowest BCUT2D eigenvalue weighted by Crippen LogP contribution is -2.42. The molecule has 3 atom stereocenters. The van der Waals surface area contributed by atoms with Crippen molar-refractivity contribution in [2.75, 3.05) is 33.3 Å². The van der Waals surface area contributed by atoms with Gasteiger partial charge in [-0.15, -0.1) is 0 Å². The van der Waals surface area contributed by atoms with Crippen molar-refractivity contribution in [2.45, 2.75) is 75.8 Å². The minimum atomic E-state index is -3.71. The van der Waals surface area contributed by atoms with Crippen molar-refractivity contribution in [3.63, 3.8) is 0 Å². The Balaban J connectivity index is 0.970. The van der Waals surface area contributed by atoms with Crippen LogP contribution in [0, 0.1) is 18.7 Å². The molecule has 3 aromatic carbocycles. The number of hydrogen-bond acceptors (Lipinski definition) is 11. The van der Waals surface area contributed by atoms with Gasteiger partial charge in [-0.3, -0.25) is 24.3 Å². The highest BCUT2D eigenvalue weighted by molar-refractivity contribution is 7.91. The number of β-amino-alcohol motifs (C(OH)–C–C–N with tert-alkyl or cyclic N) is 1. The van der Waals surface area contributed by atoms with Crippen molar-refractivity contribution >= 4 is 38.6 Å². The smallest absolute Gasteiger partial charge is 0.240 e. The minimum Gasteiger partial charge on any atom is -0.480 e. The number of likely N-dealkylation sites (tertiary alicyclic amines) is 2. The summed E-state index contributed by atoms with van der Waals surface area (Å²) in [7, 11) is -2.15.